The number of aromatic nitrogens is 1. The molecule has 3 heterocycles. The number of rotatable bonds is 5. The fourth-order valence-corrected chi connectivity index (χ4v) is 3.66. The third kappa shape index (κ3) is 4.92. The highest BCUT2D eigenvalue weighted by molar-refractivity contribution is 5.94. The summed E-state index contributed by atoms with van der Waals surface area (Å²) in [5.41, 5.74) is 0.709. The van der Waals surface area contributed by atoms with E-state index >= 15 is 0 Å². The molecule has 0 spiro atoms. The molecule has 1 unspecified atom stereocenters. The largest absolute Gasteiger partial charge is 0.354 e. The highest BCUT2D eigenvalue weighted by Gasteiger charge is 2.20. The molecule has 2 saturated heterocycles. The summed E-state index contributed by atoms with van der Waals surface area (Å²) in [6.45, 7) is 9.26. The fourth-order valence-electron chi connectivity index (χ4n) is 3.66. The second kappa shape index (κ2) is 8.63. The second-order valence-corrected chi connectivity index (χ2v) is 7.34. The maximum absolute atomic E-state index is 12.5. The maximum atomic E-state index is 12.5. The van der Waals surface area contributed by atoms with Crippen molar-refractivity contribution >= 4 is 11.7 Å². The smallest absolute Gasteiger partial charge is 0.251 e. The number of nitrogens with one attached hydrogen (secondary N) is 1. The quantitative estimate of drug-likeness (QED) is 0.875. The van der Waals surface area contributed by atoms with Gasteiger partial charge in [-0.05, 0) is 45.4 Å². The van der Waals surface area contributed by atoms with E-state index < -0.39 is 0 Å². The summed E-state index contributed by atoms with van der Waals surface area (Å²) in [7, 11) is 2.16. The normalized spacial score (nSPS) is 22.8. The Bertz CT molecular complexity index is 571. The zero-order valence-electron chi connectivity index (χ0n) is 15.6. The molecule has 138 valence electrons. The summed E-state index contributed by atoms with van der Waals surface area (Å²) >= 11 is 0. The number of amides is 1. The van der Waals surface area contributed by atoms with Crippen LogP contribution in [0.4, 0.5) is 5.82 Å². The highest BCUT2D eigenvalue weighted by Crippen LogP contribution is 2.23. The van der Waals surface area contributed by atoms with Crippen LogP contribution in [-0.4, -0.2) is 79.6 Å². The minimum atomic E-state index is 0.00226. The molecular formula is C19H31N5O. The van der Waals surface area contributed by atoms with Gasteiger partial charge in [0.1, 0.15) is 5.82 Å². The first-order valence-corrected chi connectivity index (χ1v) is 9.55. The molecule has 0 saturated carbocycles. The van der Waals surface area contributed by atoms with Crippen molar-refractivity contribution in [2.45, 2.75) is 32.2 Å². The van der Waals surface area contributed by atoms with Gasteiger partial charge in [-0.25, -0.2) is 4.98 Å². The Kier molecular flexibility index (Phi) is 6.26. The lowest BCUT2D eigenvalue weighted by atomic mass is 10.0. The van der Waals surface area contributed by atoms with Crippen LogP contribution in [0.1, 0.15) is 36.5 Å². The maximum Gasteiger partial charge on any atom is 0.251 e. The van der Waals surface area contributed by atoms with E-state index in [1.807, 2.05) is 12.1 Å². The van der Waals surface area contributed by atoms with Gasteiger partial charge in [-0.15, -0.1) is 0 Å². The Balaban J connectivity index is 1.51. The monoisotopic (exact) mass is 345 g/mol. The molecule has 1 N–H and O–H groups in total. The Morgan fingerprint density at radius 3 is 2.80 bits per heavy atom. The average Bonchev–Trinajstić information content (AvgIpc) is 2.64. The zero-order valence-corrected chi connectivity index (χ0v) is 15.6. The van der Waals surface area contributed by atoms with Gasteiger partial charge in [0.2, 0.25) is 0 Å². The van der Waals surface area contributed by atoms with E-state index in [4.69, 9.17) is 0 Å². The number of hydrogen-bond acceptors (Lipinski definition) is 5. The number of carbonyl (C=O) groups is 1. The van der Waals surface area contributed by atoms with Crippen LogP contribution in [0.5, 0.6) is 0 Å². The number of hydrogen-bond donors (Lipinski definition) is 1. The van der Waals surface area contributed by atoms with Crippen molar-refractivity contribution in [1.82, 2.24) is 20.1 Å². The van der Waals surface area contributed by atoms with E-state index in [0.29, 0.717) is 18.2 Å². The molecule has 6 nitrogen and oxygen atoms in total. The van der Waals surface area contributed by atoms with E-state index in [2.05, 4.69) is 39.0 Å². The molecule has 6 heteroatoms. The molecule has 0 bridgehead atoms. The molecule has 0 radical (unpaired) electrons. The first-order chi connectivity index (χ1) is 12.1. The van der Waals surface area contributed by atoms with Gasteiger partial charge in [0.05, 0.1) is 0 Å². The van der Waals surface area contributed by atoms with Crippen molar-refractivity contribution in [3.8, 4) is 0 Å². The number of nitrogens with zero attached hydrogens (tertiary/aromatic N) is 4. The van der Waals surface area contributed by atoms with E-state index in [1.165, 1.54) is 19.3 Å². The van der Waals surface area contributed by atoms with Gasteiger partial charge in [-0.1, -0.05) is 0 Å². The number of piperidine rings is 1. The van der Waals surface area contributed by atoms with Crippen molar-refractivity contribution in [3.05, 3.63) is 23.9 Å². The molecule has 0 aromatic carbocycles. The van der Waals surface area contributed by atoms with E-state index in [0.717, 1.165) is 45.1 Å². The molecule has 2 aliphatic rings. The molecule has 25 heavy (non-hydrogen) atoms. The molecule has 2 aliphatic heterocycles. The summed E-state index contributed by atoms with van der Waals surface area (Å²) < 4.78 is 0. The van der Waals surface area contributed by atoms with Crippen molar-refractivity contribution in [2.24, 2.45) is 0 Å². The van der Waals surface area contributed by atoms with Crippen LogP contribution in [0.2, 0.25) is 0 Å². The molecule has 1 amide bonds. The van der Waals surface area contributed by atoms with Gasteiger partial charge < -0.3 is 15.1 Å². The fraction of sp³-hybridized carbons (Fsp3) is 0.684. The van der Waals surface area contributed by atoms with Crippen molar-refractivity contribution in [3.63, 3.8) is 0 Å². The highest BCUT2D eigenvalue weighted by atomic mass is 16.1. The van der Waals surface area contributed by atoms with Gasteiger partial charge in [0, 0.05) is 63.6 Å². The second-order valence-electron chi connectivity index (χ2n) is 7.34. The Morgan fingerprint density at radius 1 is 1.24 bits per heavy atom. The molecular weight excluding hydrogens is 314 g/mol. The SMILES string of the molecule is CC1CCCCN1c1cc(C(=O)NCCN2CCN(C)CC2)ccn1. The number of pyridine rings is 1. The lowest BCUT2D eigenvalue weighted by Gasteiger charge is -2.34. The Labute approximate surface area is 151 Å². The molecule has 1 atom stereocenters. The van der Waals surface area contributed by atoms with E-state index in [1.54, 1.807) is 6.20 Å². The Hall–Kier alpha value is -1.66. The van der Waals surface area contributed by atoms with Gasteiger partial charge in [-0.3, -0.25) is 9.69 Å². The van der Waals surface area contributed by atoms with Gasteiger partial charge >= 0.3 is 0 Å². The molecule has 3 rings (SSSR count). The average molecular weight is 345 g/mol. The van der Waals surface area contributed by atoms with Crippen LogP contribution in [0.3, 0.4) is 0 Å². The summed E-state index contributed by atoms with van der Waals surface area (Å²) in [6.07, 6.45) is 5.44. The molecule has 2 fully saturated rings. The molecule has 1 aromatic heterocycles. The van der Waals surface area contributed by atoms with Crippen LogP contribution < -0.4 is 10.2 Å². The van der Waals surface area contributed by atoms with E-state index in [-0.39, 0.29) is 5.91 Å². The summed E-state index contributed by atoms with van der Waals surface area (Å²) in [5, 5.41) is 3.06. The lowest BCUT2D eigenvalue weighted by molar-refractivity contribution is 0.0941. The zero-order chi connectivity index (χ0) is 17.6. The first kappa shape index (κ1) is 18.1. The van der Waals surface area contributed by atoms with Crippen molar-refractivity contribution in [2.75, 3.05) is 57.8 Å². The van der Waals surface area contributed by atoms with Gasteiger partial charge in [0.25, 0.3) is 5.91 Å². The van der Waals surface area contributed by atoms with Crippen molar-refractivity contribution < 1.29 is 4.79 Å². The number of carbonyl (C=O) groups excluding carboxylic acids is 1. The van der Waals surface area contributed by atoms with Crippen LogP contribution in [-0.2, 0) is 0 Å². The summed E-state index contributed by atoms with van der Waals surface area (Å²) in [4.78, 5) is 24.0. The Morgan fingerprint density at radius 2 is 2.04 bits per heavy atom. The summed E-state index contributed by atoms with van der Waals surface area (Å²) in [5.74, 6) is 0.932. The minimum absolute atomic E-state index is 0.00226. The number of anilines is 1. The predicted octanol–water partition coefficient (Wildman–Crippen LogP) is 1.44. The standard InChI is InChI=1S/C19H31N5O/c1-16-5-3-4-9-24(16)18-15-17(6-7-20-18)19(25)21-8-10-23-13-11-22(2)12-14-23/h6-7,15-16H,3-5,8-14H2,1-2H3,(H,21,25). The minimum Gasteiger partial charge on any atom is -0.354 e. The predicted molar refractivity (Wildman–Crippen MR) is 101 cm³/mol. The third-order valence-corrected chi connectivity index (χ3v) is 5.41. The van der Waals surface area contributed by atoms with Crippen LogP contribution >= 0.6 is 0 Å². The van der Waals surface area contributed by atoms with E-state index in [9.17, 15) is 4.79 Å². The molecule has 0 aliphatic carbocycles. The van der Waals surface area contributed by atoms with Gasteiger partial charge in [-0.2, -0.15) is 0 Å². The molecule has 1 aromatic rings. The van der Waals surface area contributed by atoms with Crippen LogP contribution in [0.15, 0.2) is 18.3 Å². The summed E-state index contributed by atoms with van der Waals surface area (Å²) in [6, 6.07) is 4.24. The van der Waals surface area contributed by atoms with Crippen LogP contribution in [0, 0.1) is 0 Å². The third-order valence-electron chi connectivity index (χ3n) is 5.41. The topological polar surface area (TPSA) is 51.7 Å². The lowest BCUT2D eigenvalue weighted by Crippen LogP contribution is -2.46. The van der Waals surface area contributed by atoms with Crippen LogP contribution in [0.25, 0.3) is 0 Å². The number of piperazine rings is 1. The van der Waals surface area contributed by atoms with Gasteiger partial charge in [0.15, 0.2) is 0 Å². The van der Waals surface area contributed by atoms with Crippen molar-refractivity contribution in [1.29, 1.82) is 0 Å². The first-order valence-electron chi connectivity index (χ1n) is 9.55. The number of likely N-dealkylation sites (N-methyl/N-ethyl adjacent to an activating group) is 1.